The minimum absolute atomic E-state index is 0.00497. The molecule has 3 aromatic rings. The molecule has 0 aliphatic heterocycles. The molecule has 0 heterocycles. The molecule has 0 saturated heterocycles. The Kier molecular flexibility index (Phi) is 11.3. The first-order valence-corrected chi connectivity index (χ1v) is 16.4. The summed E-state index contributed by atoms with van der Waals surface area (Å²) in [6, 6.07) is 19.2. The number of nitrogens with one attached hydrogen (secondary N) is 1. The topological polar surface area (TPSA) is 86.8 Å². The van der Waals surface area contributed by atoms with Crippen LogP contribution in [0.25, 0.3) is 0 Å². The van der Waals surface area contributed by atoms with Crippen molar-refractivity contribution in [3.05, 3.63) is 99.0 Å². The summed E-state index contributed by atoms with van der Waals surface area (Å²) in [7, 11) is -2.68. The predicted molar refractivity (Wildman–Crippen MR) is 167 cm³/mol. The van der Waals surface area contributed by atoms with Gasteiger partial charge in [0.2, 0.25) is 21.8 Å². The van der Waals surface area contributed by atoms with Crippen LogP contribution in [-0.4, -0.2) is 55.1 Å². The Morgan fingerprint density at radius 1 is 0.905 bits per heavy atom. The highest BCUT2D eigenvalue weighted by atomic mass is 35.5. The molecule has 1 aliphatic rings. The number of rotatable bonds is 11. The van der Waals surface area contributed by atoms with Crippen LogP contribution >= 0.6 is 34.8 Å². The van der Waals surface area contributed by atoms with E-state index in [4.69, 9.17) is 34.8 Å². The first-order valence-electron chi connectivity index (χ1n) is 13.8. The van der Waals surface area contributed by atoms with Gasteiger partial charge in [0.05, 0.1) is 11.4 Å². The number of hydrogen-bond donors (Lipinski definition) is 1. The van der Waals surface area contributed by atoms with Gasteiger partial charge in [-0.2, -0.15) is 4.31 Å². The van der Waals surface area contributed by atoms with E-state index in [-0.39, 0.29) is 29.8 Å². The zero-order valence-corrected chi connectivity index (χ0v) is 26.4. The van der Waals surface area contributed by atoms with Crippen LogP contribution in [0.4, 0.5) is 0 Å². The smallest absolute Gasteiger partial charge is 0.243 e. The summed E-state index contributed by atoms with van der Waals surface area (Å²) >= 11 is 18.6. The minimum Gasteiger partial charge on any atom is -0.352 e. The molecule has 224 valence electrons. The first-order chi connectivity index (χ1) is 20.0. The van der Waals surface area contributed by atoms with Crippen LogP contribution < -0.4 is 5.32 Å². The van der Waals surface area contributed by atoms with E-state index in [1.54, 1.807) is 18.2 Å². The number of amides is 2. The second-order valence-corrected chi connectivity index (χ2v) is 13.8. The minimum atomic E-state index is -4.02. The zero-order chi connectivity index (χ0) is 30.3. The van der Waals surface area contributed by atoms with Gasteiger partial charge in [-0.15, -0.1) is 0 Å². The molecule has 0 aromatic heterocycles. The fraction of sp³-hybridized carbons (Fsp3) is 0.355. The lowest BCUT2D eigenvalue weighted by Gasteiger charge is -2.34. The summed E-state index contributed by atoms with van der Waals surface area (Å²) in [5.74, 6) is -0.826. The number of likely N-dealkylation sites (N-methyl/N-ethyl adjacent to an activating group) is 1. The monoisotopic (exact) mass is 649 g/mol. The van der Waals surface area contributed by atoms with E-state index in [0.29, 0.717) is 20.6 Å². The van der Waals surface area contributed by atoms with Crippen LogP contribution in [0, 0.1) is 0 Å². The molecule has 0 bridgehead atoms. The van der Waals surface area contributed by atoms with Crippen molar-refractivity contribution in [3.8, 4) is 0 Å². The van der Waals surface area contributed by atoms with Crippen molar-refractivity contribution >= 4 is 56.6 Å². The van der Waals surface area contributed by atoms with Crippen molar-refractivity contribution in [2.75, 3.05) is 13.6 Å². The zero-order valence-electron chi connectivity index (χ0n) is 23.3. The van der Waals surface area contributed by atoms with Crippen molar-refractivity contribution in [2.45, 2.75) is 62.0 Å². The maximum absolute atomic E-state index is 14.0. The van der Waals surface area contributed by atoms with Gasteiger partial charge >= 0.3 is 0 Å². The summed E-state index contributed by atoms with van der Waals surface area (Å²) < 4.78 is 27.6. The Morgan fingerprint density at radius 2 is 1.55 bits per heavy atom. The number of hydrogen-bond acceptors (Lipinski definition) is 4. The summed E-state index contributed by atoms with van der Waals surface area (Å²) in [4.78, 5) is 29.4. The maximum atomic E-state index is 14.0. The van der Waals surface area contributed by atoms with Crippen molar-refractivity contribution in [3.63, 3.8) is 0 Å². The lowest BCUT2D eigenvalue weighted by molar-refractivity contribution is -0.141. The first kappa shape index (κ1) is 32.3. The van der Waals surface area contributed by atoms with Gasteiger partial charge in [-0.25, -0.2) is 8.42 Å². The van der Waals surface area contributed by atoms with Gasteiger partial charge in [-0.05, 0) is 60.4 Å². The number of benzene rings is 3. The molecule has 1 aliphatic carbocycles. The molecule has 1 N–H and O–H groups in total. The second kappa shape index (κ2) is 14.7. The largest absolute Gasteiger partial charge is 0.352 e. The van der Waals surface area contributed by atoms with Crippen molar-refractivity contribution in [1.82, 2.24) is 14.5 Å². The fourth-order valence-corrected chi connectivity index (χ4v) is 6.80. The third-order valence-corrected chi connectivity index (χ3v) is 10.1. The van der Waals surface area contributed by atoms with E-state index in [2.05, 4.69) is 5.32 Å². The van der Waals surface area contributed by atoms with Crippen molar-refractivity contribution < 1.29 is 18.0 Å². The lowest BCUT2D eigenvalue weighted by atomic mass is 9.94. The molecule has 1 atom stereocenters. The molecular weight excluding hydrogens is 617 g/mol. The summed E-state index contributed by atoms with van der Waals surface area (Å²) in [5.41, 5.74) is 1.45. The third-order valence-electron chi connectivity index (χ3n) is 7.46. The molecule has 0 radical (unpaired) electrons. The highest BCUT2D eigenvalue weighted by Crippen LogP contribution is 2.25. The Balaban J connectivity index is 1.68. The Bertz CT molecular complexity index is 1480. The number of carbonyl (C=O) groups excluding carboxylic acids is 2. The SMILES string of the molecule is CN(CC(=O)N(Cc1ccc(Cl)cc1Cl)[C@@H](Cc1ccccc1)C(=O)NC1CCCCC1)S(=O)(=O)c1ccc(Cl)cc1. The third kappa shape index (κ3) is 8.48. The van der Waals surface area contributed by atoms with E-state index in [1.807, 2.05) is 30.3 Å². The molecule has 7 nitrogen and oxygen atoms in total. The van der Waals surface area contributed by atoms with E-state index in [9.17, 15) is 18.0 Å². The van der Waals surface area contributed by atoms with Gasteiger partial charge in [0.1, 0.15) is 6.04 Å². The van der Waals surface area contributed by atoms with Gasteiger partial charge in [-0.3, -0.25) is 9.59 Å². The normalized spacial score (nSPS) is 14.9. The van der Waals surface area contributed by atoms with E-state index in [0.717, 1.165) is 42.0 Å². The Labute approximate surface area is 262 Å². The summed E-state index contributed by atoms with van der Waals surface area (Å²) in [6.07, 6.45) is 5.19. The molecule has 0 unspecified atom stereocenters. The van der Waals surface area contributed by atoms with Crippen LogP contribution in [0.2, 0.25) is 15.1 Å². The van der Waals surface area contributed by atoms with Crippen LogP contribution in [0.1, 0.15) is 43.2 Å². The number of nitrogens with zero attached hydrogens (tertiary/aromatic N) is 2. The molecule has 2 amide bonds. The quantitative estimate of drug-likeness (QED) is 0.262. The Morgan fingerprint density at radius 3 is 2.19 bits per heavy atom. The maximum Gasteiger partial charge on any atom is 0.243 e. The molecule has 11 heteroatoms. The van der Waals surface area contributed by atoms with E-state index < -0.39 is 28.5 Å². The van der Waals surface area contributed by atoms with Gasteiger partial charge in [0.25, 0.3) is 0 Å². The number of halogens is 3. The van der Waals surface area contributed by atoms with Gasteiger partial charge in [0.15, 0.2) is 0 Å². The van der Waals surface area contributed by atoms with Gasteiger partial charge in [0, 0.05) is 41.1 Å². The van der Waals surface area contributed by atoms with Gasteiger partial charge in [-0.1, -0.05) is 90.5 Å². The Hall–Kier alpha value is -2.62. The highest BCUT2D eigenvalue weighted by molar-refractivity contribution is 7.89. The predicted octanol–water partition coefficient (Wildman–Crippen LogP) is 6.36. The highest BCUT2D eigenvalue weighted by Gasteiger charge is 2.34. The molecule has 42 heavy (non-hydrogen) atoms. The van der Waals surface area contributed by atoms with Gasteiger partial charge < -0.3 is 10.2 Å². The van der Waals surface area contributed by atoms with Crippen LogP contribution in [0.5, 0.6) is 0 Å². The molecule has 0 spiro atoms. The van der Waals surface area contributed by atoms with Crippen LogP contribution in [-0.2, 0) is 32.6 Å². The fourth-order valence-electron chi connectivity index (χ4n) is 5.08. The van der Waals surface area contributed by atoms with Crippen molar-refractivity contribution in [1.29, 1.82) is 0 Å². The molecule has 3 aromatic carbocycles. The van der Waals surface area contributed by atoms with Crippen LogP contribution in [0.3, 0.4) is 0 Å². The average molecular weight is 651 g/mol. The van der Waals surface area contributed by atoms with Crippen LogP contribution in [0.15, 0.2) is 77.7 Å². The second-order valence-electron chi connectivity index (χ2n) is 10.5. The molecular formula is C31H34Cl3N3O4S. The summed E-state index contributed by atoms with van der Waals surface area (Å²) in [5, 5.41) is 4.34. The number of carbonyl (C=O) groups is 2. The standard InChI is InChI=1S/C31H34Cl3N3O4S/c1-36(42(40,41)27-16-14-24(32)15-17-27)21-30(38)37(20-23-12-13-25(33)19-28(23)34)29(18-22-8-4-2-5-9-22)31(39)35-26-10-6-3-7-11-26/h2,4-5,8-9,12-17,19,26,29H,3,6-7,10-11,18,20-21H2,1H3,(H,35,39)/t29-/m0/s1. The molecule has 4 rings (SSSR count). The van der Waals surface area contributed by atoms with Crippen molar-refractivity contribution in [2.24, 2.45) is 0 Å². The molecule has 1 fully saturated rings. The average Bonchev–Trinajstić information content (AvgIpc) is 2.97. The van der Waals surface area contributed by atoms with E-state index in [1.165, 1.54) is 36.2 Å². The lowest BCUT2D eigenvalue weighted by Crippen LogP contribution is -2.54. The number of sulfonamides is 1. The summed E-state index contributed by atoms with van der Waals surface area (Å²) in [6.45, 7) is -0.503. The van der Waals surface area contributed by atoms with E-state index >= 15 is 0 Å². The molecule has 1 saturated carbocycles.